The predicted molar refractivity (Wildman–Crippen MR) is 31.0 cm³/mol. The van der Waals surface area contributed by atoms with E-state index >= 15 is 0 Å². The van der Waals surface area contributed by atoms with Gasteiger partial charge in [0, 0.05) is 0 Å². The Bertz CT molecular complexity index is 204. The van der Waals surface area contributed by atoms with Gasteiger partial charge in [0.25, 0.3) is 6.43 Å². The summed E-state index contributed by atoms with van der Waals surface area (Å²) in [6, 6.07) is 0. The van der Waals surface area contributed by atoms with Gasteiger partial charge in [0.15, 0.2) is 12.3 Å². The number of alkyl halides is 7. The van der Waals surface area contributed by atoms with Crippen molar-refractivity contribution in [2.75, 3.05) is 0 Å². The van der Waals surface area contributed by atoms with Gasteiger partial charge in [-0.1, -0.05) is 0 Å². The summed E-state index contributed by atoms with van der Waals surface area (Å²) in [6.07, 6.45) is -18.1. The number of hydrogen-bond acceptors (Lipinski definition) is 0. The summed E-state index contributed by atoms with van der Waals surface area (Å²) in [7, 11) is 0. The number of rotatable bonds is 3. The molecule has 0 amide bonds. The minimum Gasteiger partial charge on any atom is -0.239 e. The molecule has 0 saturated heterocycles. The van der Waals surface area contributed by atoms with Gasteiger partial charge in [-0.25, -0.2) is 22.0 Å². The average molecular weight is 228 g/mol. The van der Waals surface area contributed by atoms with Crippen LogP contribution < -0.4 is 0 Å². The first-order valence-corrected chi connectivity index (χ1v) is 3.15. The summed E-state index contributed by atoms with van der Waals surface area (Å²) in [4.78, 5) is 0. The van der Waals surface area contributed by atoms with Crippen LogP contribution in [0.5, 0.6) is 0 Å². The molecule has 14 heavy (non-hydrogen) atoms. The molecule has 2 unspecified atom stereocenters. The van der Waals surface area contributed by atoms with Crippen LogP contribution in [0.1, 0.15) is 0 Å². The summed E-state index contributed by atoms with van der Waals surface area (Å²) in [6.45, 7) is 0. The Morgan fingerprint density at radius 3 is 1.64 bits per heavy atom. The van der Waals surface area contributed by atoms with Gasteiger partial charge in [-0.3, -0.25) is 0 Å². The van der Waals surface area contributed by atoms with E-state index in [1.165, 1.54) is 0 Å². The zero-order valence-electron chi connectivity index (χ0n) is 6.33. The van der Waals surface area contributed by atoms with Gasteiger partial charge in [-0.15, -0.1) is 0 Å². The molecule has 0 aliphatic heterocycles. The average Bonchev–Trinajstić information content (AvgIpc) is 2.01. The first kappa shape index (κ1) is 13.2. The standard InChI is InChI=1S/C6H4F8/c7-1-2(6(12,13)14)3(8)4(9)5(10)11/h1,3-5H. The Morgan fingerprint density at radius 2 is 1.43 bits per heavy atom. The molecule has 0 aromatic rings. The molecule has 0 aromatic heterocycles. The Morgan fingerprint density at radius 1 is 1.00 bits per heavy atom. The highest BCUT2D eigenvalue weighted by atomic mass is 19.4. The van der Waals surface area contributed by atoms with Gasteiger partial charge >= 0.3 is 6.18 Å². The van der Waals surface area contributed by atoms with Crippen LogP contribution in [0.25, 0.3) is 0 Å². The van der Waals surface area contributed by atoms with E-state index in [0.717, 1.165) is 0 Å². The molecule has 0 bridgehead atoms. The second-order valence-electron chi connectivity index (χ2n) is 2.24. The third-order valence-electron chi connectivity index (χ3n) is 1.26. The van der Waals surface area contributed by atoms with Crippen molar-refractivity contribution in [3.63, 3.8) is 0 Å². The van der Waals surface area contributed by atoms with Crippen LogP contribution in [0.2, 0.25) is 0 Å². The van der Waals surface area contributed by atoms with Crippen molar-refractivity contribution in [2.24, 2.45) is 0 Å². The smallest absolute Gasteiger partial charge is 0.239 e. The molecule has 0 aliphatic carbocycles. The van der Waals surface area contributed by atoms with E-state index in [9.17, 15) is 35.1 Å². The molecule has 8 heteroatoms. The van der Waals surface area contributed by atoms with E-state index in [0.29, 0.717) is 0 Å². The maximum atomic E-state index is 12.3. The molecule has 0 heterocycles. The van der Waals surface area contributed by atoms with Crippen LogP contribution in [0.15, 0.2) is 11.9 Å². The lowest BCUT2D eigenvalue weighted by molar-refractivity contribution is -0.110. The number of hydrogen-bond donors (Lipinski definition) is 0. The van der Waals surface area contributed by atoms with Crippen molar-refractivity contribution in [1.29, 1.82) is 0 Å². The lowest BCUT2D eigenvalue weighted by Gasteiger charge is -2.17. The summed E-state index contributed by atoms with van der Waals surface area (Å²) < 4.78 is 93.6. The lowest BCUT2D eigenvalue weighted by Crippen LogP contribution is -2.32. The zero-order chi connectivity index (χ0) is 11.5. The van der Waals surface area contributed by atoms with Crippen molar-refractivity contribution < 1.29 is 35.1 Å². The van der Waals surface area contributed by atoms with Crippen LogP contribution in [0.4, 0.5) is 35.1 Å². The van der Waals surface area contributed by atoms with Crippen molar-refractivity contribution in [3.05, 3.63) is 11.9 Å². The third-order valence-corrected chi connectivity index (χ3v) is 1.26. The fourth-order valence-corrected chi connectivity index (χ4v) is 0.578. The molecule has 0 N–H and O–H groups in total. The second kappa shape index (κ2) is 4.61. The van der Waals surface area contributed by atoms with Crippen molar-refractivity contribution >= 4 is 0 Å². The molecule has 0 aliphatic rings. The molecule has 0 rings (SSSR count). The number of halogens is 8. The summed E-state index contributed by atoms with van der Waals surface area (Å²) in [5, 5.41) is 0. The largest absolute Gasteiger partial charge is 0.417 e. The molecule has 0 aromatic carbocycles. The van der Waals surface area contributed by atoms with Crippen molar-refractivity contribution in [1.82, 2.24) is 0 Å². The van der Waals surface area contributed by atoms with Gasteiger partial charge < -0.3 is 0 Å². The van der Waals surface area contributed by atoms with E-state index in [-0.39, 0.29) is 0 Å². The highest BCUT2D eigenvalue weighted by Crippen LogP contribution is 2.33. The first-order chi connectivity index (χ1) is 6.21. The fourth-order valence-electron chi connectivity index (χ4n) is 0.578. The summed E-state index contributed by atoms with van der Waals surface area (Å²) in [5.41, 5.74) is -2.59. The van der Waals surface area contributed by atoms with Crippen molar-refractivity contribution in [2.45, 2.75) is 24.9 Å². The van der Waals surface area contributed by atoms with E-state index in [4.69, 9.17) is 0 Å². The number of allylic oxidation sites excluding steroid dienone is 1. The van der Waals surface area contributed by atoms with Crippen LogP contribution in [0, 0.1) is 0 Å². The highest BCUT2D eigenvalue weighted by Gasteiger charge is 2.45. The monoisotopic (exact) mass is 228 g/mol. The van der Waals surface area contributed by atoms with Gasteiger partial charge in [0.1, 0.15) is 0 Å². The fraction of sp³-hybridized carbons (Fsp3) is 0.667. The maximum Gasteiger partial charge on any atom is 0.417 e. The molecule has 2 atom stereocenters. The molecule has 0 saturated carbocycles. The Hall–Kier alpha value is -0.820. The van der Waals surface area contributed by atoms with Gasteiger partial charge in [0.05, 0.1) is 11.9 Å². The van der Waals surface area contributed by atoms with E-state index in [1.807, 2.05) is 0 Å². The molecular weight excluding hydrogens is 224 g/mol. The van der Waals surface area contributed by atoms with Crippen LogP contribution in [-0.4, -0.2) is 24.9 Å². The highest BCUT2D eigenvalue weighted by molar-refractivity contribution is 5.14. The topological polar surface area (TPSA) is 0 Å². The van der Waals surface area contributed by atoms with Crippen LogP contribution >= 0.6 is 0 Å². The molecule has 0 spiro atoms. The van der Waals surface area contributed by atoms with E-state index in [1.54, 1.807) is 0 Å². The quantitative estimate of drug-likeness (QED) is 0.650. The Kier molecular flexibility index (Phi) is 4.34. The maximum absolute atomic E-state index is 12.3. The van der Waals surface area contributed by atoms with Crippen LogP contribution in [-0.2, 0) is 0 Å². The molecule has 84 valence electrons. The Labute approximate surface area is 73.2 Å². The normalized spacial score (nSPS) is 18.5. The van der Waals surface area contributed by atoms with Crippen LogP contribution in [0.3, 0.4) is 0 Å². The Balaban J connectivity index is 4.74. The molecule has 0 fully saturated rings. The zero-order valence-corrected chi connectivity index (χ0v) is 6.33. The minimum atomic E-state index is -5.51. The lowest BCUT2D eigenvalue weighted by atomic mass is 10.1. The summed E-state index contributed by atoms with van der Waals surface area (Å²) in [5.74, 6) is 0. The second-order valence-corrected chi connectivity index (χ2v) is 2.24. The van der Waals surface area contributed by atoms with E-state index in [2.05, 4.69) is 0 Å². The van der Waals surface area contributed by atoms with Gasteiger partial charge in [-0.05, 0) is 0 Å². The van der Waals surface area contributed by atoms with E-state index < -0.39 is 36.8 Å². The summed E-state index contributed by atoms with van der Waals surface area (Å²) >= 11 is 0. The first-order valence-electron chi connectivity index (χ1n) is 3.15. The molecule has 0 radical (unpaired) electrons. The van der Waals surface area contributed by atoms with Gasteiger partial charge in [0.2, 0.25) is 0 Å². The SMILES string of the molecule is FC=C(C(F)C(F)C(F)F)C(F)(F)F. The predicted octanol–water partition coefficient (Wildman–Crippen LogP) is 3.34. The van der Waals surface area contributed by atoms with Gasteiger partial charge in [-0.2, -0.15) is 13.2 Å². The minimum absolute atomic E-state index is 1.26. The molecule has 0 nitrogen and oxygen atoms in total. The third kappa shape index (κ3) is 3.15. The molecular formula is C6H4F8. The van der Waals surface area contributed by atoms with Crippen molar-refractivity contribution in [3.8, 4) is 0 Å².